The van der Waals surface area contributed by atoms with E-state index in [1.165, 1.54) is 0 Å². The van der Waals surface area contributed by atoms with Crippen LogP contribution in [0.1, 0.15) is 16.7 Å². The summed E-state index contributed by atoms with van der Waals surface area (Å²) < 4.78 is 0. The second kappa shape index (κ2) is 4.13. The zero-order valence-corrected chi connectivity index (χ0v) is 10.3. The molecule has 0 atom stereocenters. The topological polar surface area (TPSA) is 40.5 Å². The van der Waals surface area contributed by atoms with Crippen LogP contribution >= 0.6 is 0 Å². The monoisotopic (exact) mass is 228 g/mol. The first-order valence-electron chi connectivity index (χ1n) is 5.61. The quantitative estimate of drug-likeness (QED) is 0.781. The van der Waals surface area contributed by atoms with E-state index in [1.54, 1.807) is 6.92 Å². The molecule has 0 aliphatic rings. The third-order valence-electron chi connectivity index (χ3n) is 3.30. The normalized spacial score (nSPS) is 10.5. The lowest BCUT2D eigenvalue weighted by Crippen LogP contribution is -1.92. The van der Waals surface area contributed by atoms with Gasteiger partial charge in [-0.05, 0) is 37.5 Å². The summed E-state index contributed by atoms with van der Waals surface area (Å²) >= 11 is 0. The molecular formula is C15H16O2. The van der Waals surface area contributed by atoms with Gasteiger partial charge in [0.2, 0.25) is 0 Å². The van der Waals surface area contributed by atoms with E-state index in [2.05, 4.69) is 0 Å². The van der Waals surface area contributed by atoms with Crippen LogP contribution in [0.3, 0.4) is 0 Å². The lowest BCUT2D eigenvalue weighted by molar-refractivity contribution is 0.441. The number of rotatable bonds is 1. The van der Waals surface area contributed by atoms with E-state index in [4.69, 9.17) is 0 Å². The van der Waals surface area contributed by atoms with Gasteiger partial charge in [-0.1, -0.05) is 30.3 Å². The zero-order valence-electron chi connectivity index (χ0n) is 10.3. The van der Waals surface area contributed by atoms with Crippen LogP contribution in [0.4, 0.5) is 0 Å². The van der Waals surface area contributed by atoms with Crippen LogP contribution in [0, 0.1) is 20.8 Å². The molecule has 0 heterocycles. The van der Waals surface area contributed by atoms with E-state index in [1.807, 2.05) is 44.2 Å². The summed E-state index contributed by atoms with van der Waals surface area (Å²) in [4.78, 5) is 0. The summed E-state index contributed by atoms with van der Waals surface area (Å²) in [7, 11) is 0. The van der Waals surface area contributed by atoms with Gasteiger partial charge < -0.3 is 10.2 Å². The Morgan fingerprint density at radius 3 is 1.88 bits per heavy atom. The third kappa shape index (κ3) is 1.76. The Bertz CT molecular complexity index is 528. The summed E-state index contributed by atoms with van der Waals surface area (Å²) in [6.07, 6.45) is 0. The summed E-state index contributed by atoms with van der Waals surface area (Å²) in [5, 5.41) is 20.1. The van der Waals surface area contributed by atoms with Gasteiger partial charge in [-0.25, -0.2) is 0 Å². The largest absolute Gasteiger partial charge is 0.507 e. The fraction of sp³-hybridized carbons (Fsp3) is 0.200. The fourth-order valence-corrected chi connectivity index (χ4v) is 2.08. The van der Waals surface area contributed by atoms with Crippen molar-refractivity contribution >= 4 is 0 Å². The van der Waals surface area contributed by atoms with Crippen LogP contribution in [0.15, 0.2) is 30.3 Å². The number of benzene rings is 2. The molecule has 0 spiro atoms. The Morgan fingerprint density at radius 1 is 0.706 bits per heavy atom. The van der Waals surface area contributed by atoms with E-state index in [0.717, 1.165) is 22.3 Å². The van der Waals surface area contributed by atoms with Gasteiger partial charge in [0.25, 0.3) is 0 Å². The summed E-state index contributed by atoms with van der Waals surface area (Å²) in [6, 6.07) is 9.73. The molecule has 0 aromatic heterocycles. The van der Waals surface area contributed by atoms with Crippen LogP contribution in [0.2, 0.25) is 0 Å². The number of hydrogen-bond acceptors (Lipinski definition) is 2. The maximum absolute atomic E-state index is 10.2. The average molecular weight is 228 g/mol. The molecule has 0 amide bonds. The van der Waals surface area contributed by atoms with Crippen molar-refractivity contribution in [3.63, 3.8) is 0 Å². The summed E-state index contributed by atoms with van der Waals surface area (Å²) in [5.74, 6) is 0.344. The van der Waals surface area contributed by atoms with Crippen LogP contribution in [-0.4, -0.2) is 10.2 Å². The molecule has 0 saturated heterocycles. The molecule has 2 rings (SSSR count). The highest BCUT2D eigenvalue weighted by Crippen LogP contribution is 2.41. The van der Waals surface area contributed by atoms with Gasteiger partial charge >= 0.3 is 0 Å². The van der Waals surface area contributed by atoms with Gasteiger partial charge in [0, 0.05) is 11.1 Å². The smallest absolute Gasteiger partial charge is 0.130 e. The minimum atomic E-state index is 0.164. The maximum atomic E-state index is 10.2. The molecule has 2 aromatic carbocycles. The Hall–Kier alpha value is -1.96. The van der Waals surface area contributed by atoms with Crippen molar-refractivity contribution in [1.82, 2.24) is 0 Å². The molecule has 17 heavy (non-hydrogen) atoms. The third-order valence-corrected chi connectivity index (χ3v) is 3.30. The van der Waals surface area contributed by atoms with Crippen molar-refractivity contribution in [3.8, 4) is 22.6 Å². The van der Waals surface area contributed by atoms with Gasteiger partial charge in [-0.2, -0.15) is 0 Å². The standard InChI is InChI=1S/C15H16O2/c1-9-10(2)14(16)11(3)15(17)13(9)12-7-5-4-6-8-12/h4-8,16-17H,1-3H3. The molecular weight excluding hydrogens is 212 g/mol. The minimum absolute atomic E-state index is 0.164. The van der Waals surface area contributed by atoms with Gasteiger partial charge in [-0.15, -0.1) is 0 Å². The van der Waals surface area contributed by atoms with Crippen molar-refractivity contribution in [1.29, 1.82) is 0 Å². The van der Waals surface area contributed by atoms with Crippen molar-refractivity contribution < 1.29 is 10.2 Å². The van der Waals surface area contributed by atoms with Crippen LogP contribution in [-0.2, 0) is 0 Å². The average Bonchev–Trinajstić information content (AvgIpc) is 2.36. The van der Waals surface area contributed by atoms with Crippen molar-refractivity contribution in [3.05, 3.63) is 47.0 Å². The zero-order chi connectivity index (χ0) is 12.6. The summed E-state index contributed by atoms with van der Waals surface area (Å²) in [6.45, 7) is 5.50. The first-order valence-corrected chi connectivity index (χ1v) is 5.61. The predicted octanol–water partition coefficient (Wildman–Crippen LogP) is 3.69. The first-order chi connectivity index (χ1) is 8.04. The van der Waals surface area contributed by atoms with Crippen LogP contribution < -0.4 is 0 Å². The minimum Gasteiger partial charge on any atom is -0.507 e. The lowest BCUT2D eigenvalue weighted by atomic mass is 9.92. The predicted molar refractivity (Wildman–Crippen MR) is 69.4 cm³/mol. The molecule has 0 unspecified atom stereocenters. The molecule has 0 radical (unpaired) electrons. The molecule has 2 heteroatoms. The van der Waals surface area contributed by atoms with E-state index >= 15 is 0 Å². The summed E-state index contributed by atoms with van der Waals surface area (Å²) in [5.41, 5.74) is 4.04. The van der Waals surface area contributed by atoms with Gasteiger partial charge in [0.1, 0.15) is 11.5 Å². The molecule has 88 valence electrons. The first kappa shape index (κ1) is 11.5. The van der Waals surface area contributed by atoms with E-state index in [9.17, 15) is 10.2 Å². The molecule has 2 aromatic rings. The highest BCUT2D eigenvalue weighted by molar-refractivity contribution is 5.78. The second-order valence-electron chi connectivity index (χ2n) is 4.31. The molecule has 2 nitrogen and oxygen atoms in total. The van der Waals surface area contributed by atoms with Gasteiger partial charge in [0.15, 0.2) is 0 Å². The van der Waals surface area contributed by atoms with E-state index < -0.39 is 0 Å². The Balaban J connectivity index is 2.80. The highest BCUT2D eigenvalue weighted by Gasteiger charge is 2.17. The maximum Gasteiger partial charge on any atom is 0.130 e. The number of hydrogen-bond donors (Lipinski definition) is 2. The number of phenols is 2. The molecule has 0 aliphatic carbocycles. The molecule has 0 saturated carbocycles. The van der Waals surface area contributed by atoms with Gasteiger partial charge in [0.05, 0.1) is 0 Å². The van der Waals surface area contributed by atoms with Crippen molar-refractivity contribution in [2.75, 3.05) is 0 Å². The highest BCUT2D eigenvalue weighted by atomic mass is 16.3. The second-order valence-corrected chi connectivity index (χ2v) is 4.31. The number of aromatic hydroxyl groups is 2. The van der Waals surface area contributed by atoms with Gasteiger partial charge in [-0.3, -0.25) is 0 Å². The molecule has 0 fully saturated rings. The van der Waals surface area contributed by atoms with Crippen LogP contribution in [0.5, 0.6) is 11.5 Å². The molecule has 2 N–H and O–H groups in total. The Morgan fingerprint density at radius 2 is 1.29 bits per heavy atom. The molecule has 0 bridgehead atoms. The Kier molecular flexibility index (Phi) is 2.80. The van der Waals surface area contributed by atoms with E-state index in [0.29, 0.717) is 5.56 Å². The number of phenolic OH excluding ortho intramolecular Hbond substituents is 2. The fourth-order valence-electron chi connectivity index (χ4n) is 2.08. The van der Waals surface area contributed by atoms with Crippen LogP contribution in [0.25, 0.3) is 11.1 Å². The van der Waals surface area contributed by atoms with Crippen molar-refractivity contribution in [2.45, 2.75) is 20.8 Å². The Labute approximate surface area is 101 Å². The lowest BCUT2D eigenvalue weighted by Gasteiger charge is -2.16. The SMILES string of the molecule is Cc1c(C)c(-c2ccccc2)c(O)c(C)c1O. The van der Waals surface area contributed by atoms with E-state index in [-0.39, 0.29) is 11.5 Å². The molecule has 0 aliphatic heterocycles. The van der Waals surface area contributed by atoms with Crippen molar-refractivity contribution in [2.24, 2.45) is 0 Å².